The quantitative estimate of drug-likeness (QED) is 0.0842. The van der Waals surface area contributed by atoms with E-state index in [1.807, 2.05) is 0 Å². The van der Waals surface area contributed by atoms with E-state index in [2.05, 4.69) is 20.9 Å². The van der Waals surface area contributed by atoms with E-state index in [1.165, 1.54) is 24.3 Å². The molecule has 0 saturated heterocycles. The van der Waals surface area contributed by atoms with Crippen molar-refractivity contribution in [2.24, 2.45) is 4.99 Å². The van der Waals surface area contributed by atoms with Gasteiger partial charge in [0.25, 0.3) is 5.69 Å². The molecule has 0 aliphatic carbocycles. The molecule has 3 aromatic carbocycles. The summed E-state index contributed by atoms with van der Waals surface area (Å²) in [7, 11) is 0. The number of aliphatic imine (C=N–C) groups is 1. The first-order valence-corrected chi connectivity index (χ1v) is 12.2. The summed E-state index contributed by atoms with van der Waals surface area (Å²) in [5.41, 5.74) is 0.994. The molecule has 8 nitrogen and oxygen atoms in total. The largest absolute Gasteiger partial charge is 0.422 e. The Bertz CT molecular complexity index is 1630. The first-order chi connectivity index (χ1) is 17.3. The van der Waals surface area contributed by atoms with Crippen molar-refractivity contribution in [3.05, 3.63) is 108 Å². The number of nitro benzene ring substituents is 1. The number of carbonyl (C=O) groups excluding carboxylic acids is 2. The van der Waals surface area contributed by atoms with Gasteiger partial charge >= 0.3 is 11.9 Å². The third-order valence-corrected chi connectivity index (χ3v) is 7.30. The van der Waals surface area contributed by atoms with Crippen LogP contribution in [0, 0.1) is 10.1 Å². The van der Waals surface area contributed by atoms with Gasteiger partial charge in [-0.1, -0.05) is 45.7 Å². The normalized spacial score (nSPS) is 14.1. The summed E-state index contributed by atoms with van der Waals surface area (Å²) in [6.45, 7) is 0. The second-order valence-corrected chi connectivity index (χ2v) is 9.80. The molecule has 178 valence electrons. The molecular formula is C25H12BrClN2O6S. The van der Waals surface area contributed by atoms with Crippen molar-refractivity contribution >= 4 is 78.6 Å². The van der Waals surface area contributed by atoms with Crippen molar-refractivity contribution in [2.45, 2.75) is 0 Å². The Balaban J connectivity index is 1.44. The molecular weight excluding hydrogens is 572 g/mol. The molecule has 0 N–H and O–H groups in total. The highest BCUT2D eigenvalue weighted by atomic mass is 79.9. The van der Waals surface area contributed by atoms with Gasteiger partial charge in [-0.25, -0.2) is 14.6 Å². The molecule has 0 atom stereocenters. The van der Waals surface area contributed by atoms with Crippen molar-refractivity contribution in [3.63, 3.8) is 0 Å². The number of para-hydroxylation sites is 1. The van der Waals surface area contributed by atoms with Gasteiger partial charge in [-0.3, -0.25) is 10.1 Å². The molecule has 36 heavy (non-hydrogen) atoms. The van der Waals surface area contributed by atoms with Crippen LogP contribution in [-0.2, 0) is 9.53 Å². The van der Waals surface area contributed by atoms with E-state index in [0.29, 0.717) is 21.2 Å². The fourth-order valence-electron chi connectivity index (χ4n) is 3.41. The number of carbonyl (C=O) groups is 2. The second kappa shape index (κ2) is 9.65. The molecule has 0 fully saturated rings. The fraction of sp³-hybridized carbons (Fsp3) is 0. The molecule has 0 unspecified atom stereocenters. The van der Waals surface area contributed by atoms with Crippen molar-refractivity contribution in [3.8, 4) is 5.75 Å². The van der Waals surface area contributed by atoms with E-state index < -0.39 is 16.9 Å². The van der Waals surface area contributed by atoms with Crippen LogP contribution in [0.3, 0.4) is 0 Å². The molecule has 0 amide bonds. The monoisotopic (exact) mass is 582 g/mol. The lowest BCUT2D eigenvalue weighted by molar-refractivity contribution is -0.384. The lowest BCUT2D eigenvalue weighted by atomic mass is 10.1. The van der Waals surface area contributed by atoms with Crippen LogP contribution in [-0.4, -0.2) is 22.8 Å². The minimum atomic E-state index is -0.734. The molecule has 0 spiro atoms. The molecule has 1 aromatic heterocycles. The first kappa shape index (κ1) is 23.9. The van der Waals surface area contributed by atoms with Gasteiger partial charge < -0.3 is 9.47 Å². The zero-order valence-electron chi connectivity index (χ0n) is 17.9. The summed E-state index contributed by atoms with van der Waals surface area (Å²) in [5, 5.41) is 11.7. The lowest BCUT2D eigenvalue weighted by Gasteiger charge is -2.07. The molecule has 1 aliphatic rings. The molecule has 0 saturated carbocycles. The summed E-state index contributed by atoms with van der Waals surface area (Å²) in [4.78, 5) is 40.3. The van der Waals surface area contributed by atoms with E-state index in [9.17, 15) is 19.7 Å². The van der Waals surface area contributed by atoms with E-state index in [-0.39, 0.29) is 32.9 Å². The van der Waals surface area contributed by atoms with Gasteiger partial charge in [0, 0.05) is 37.8 Å². The fourth-order valence-corrected chi connectivity index (χ4v) is 5.09. The maximum atomic E-state index is 13.0. The number of hydrogen-bond donors (Lipinski definition) is 0. The van der Waals surface area contributed by atoms with Crippen molar-refractivity contribution in [1.82, 2.24) is 0 Å². The number of benzene rings is 3. The smallest absolute Gasteiger partial charge is 0.363 e. The van der Waals surface area contributed by atoms with Crippen molar-refractivity contribution < 1.29 is 24.0 Å². The highest BCUT2D eigenvalue weighted by Gasteiger charge is 2.25. The van der Waals surface area contributed by atoms with Gasteiger partial charge in [0.15, 0.2) is 5.70 Å². The summed E-state index contributed by atoms with van der Waals surface area (Å²) in [6.07, 6.45) is 1.46. The van der Waals surface area contributed by atoms with Gasteiger partial charge in [0.2, 0.25) is 5.90 Å². The number of nitro groups is 1. The Hall–Kier alpha value is -3.86. The highest BCUT2D eigenvalue weighted by Crippen LogP contribution is 2.38. The third-order valence-electron chi connectivity index (χ3n) is 5.13. The molecule has 5 rings (SSSR count). The Morgan fingerprint density at radius 2 is 1.89 bits per heavy atom. The Morgan fingerprint density at radius 1 is 1.14 bits per heavy atom. The lowest BCUT2D eigenvalue weighted by Crippen LogP contribution is -2.08. The number of rotatable bonds is 5. The van der Waals surface area contributed by atoms with E-state index in [1.54, 1.807) is 48.5 Å². The molecule has 4 aromatic rings. The average molecular weight is 584 g/mol. The van der Waals surface area contributed by atoms with Gasteiger partial charge in [-0.15, -0.1) is 11.3 Å². The molecule has 0 radical (unpaired) electrons. The Kier molecular flexibility index (Phi) is 6.40. The SMILES string of the molecule is O=C1OC(c2ccc(Br)cc2)=N/C1=C/c1ccccc1OC(=O)c1sc2cc([N+](=O)[O-])ccc2c1Cl. The number of nitrogens with zero attached hydrogens (tertiary/aromatic N) is 2. The van der Waals surface area contributed by atoms with Gasteiger partial charge in [-0.2, -0.15) is 0 Å². The van der Waals surface area contributed by atoms with Gasteiger partial charge in [-0.05, 0) is 42.5 Å². The average Bonchev–Trinajstić information content (AvgIpc) is 3.40. The van der Waals surface area contributed by atoms with Crippen LogP contribution in [0.15, 0.2) is 81.9 Å². The third kappa shape index (κ3) is 4.66. The summed E-state index contributed by atoms with van der Waals surface area (Å²) in [6, 6.07) is 17.9. The standard InChI is InChI=1S/C25H12BrClN2O6S/c26-15-7-5-13(6-8-15)23-28-18(24(30)35-23)11-14-3-1-2-4-19(14)34-25(31)22-21(27)17-10-9-16(29(32)33)12-20(17)36-22/h1-12H/b18-11+. The van der Waals surface area contributed by atoms with Crippen molar-refractivity contribution in [1.29, 1.82) is 0 Å². The van der Waals surface area contributed by atoms with E-state index >= 15 is 0 Å². The van der Waals surface area contributed by atoms with Crippen molar-refractivity contribution in [2.75, 3.05) is 0 Å². The Morgan fingerprint density at radius 3 is 2.64 bits per heavy atom. The van der Waals surface area contributed by atoms with Crippen LogP contribution in [0.2, 0.25) is 5.02 Å². The van der Waals surface area contributed by atoms with Crippen LogP contribution in [0.4, 0.5) is 5.69 Å². The number of non-ortho nitro benzene ring substituents is 1. The second-order valence-electron chi connectivity index (χ2n) is 7.45. The minimum absolute atomic E-state index is 0.0450. The number of cyclic esters (lactones) is 1. The number of fused-ring (bicyclic) bond motifs is 1. The predicted octanol–water partition coefficient (Wildman–Crippen LogP) is 6.79. The number of hydrogen-bond acceptors (Lipinski definition) is 8. The summed E-state index contributed by atoms with van der Waals surface area (Å²) < 4.78 is 12.2. The molecule has 0 bridgehead atoms. The Labute approximate surface area is 220 Å². The van der Waals surface area contributed by atoms with Crippen LogP contribution >= 0.6 is 38.9 Å². The zero-order valence-corrected chi connectivity index (χ0v) is 21.1. The van der Waals surface area contributed by atoms with Crippen LogP contribution in [0.5, 0.6) is 5.75 Å². The number of thiophene rings is 1. The first-order valence-electron chi connectivity index (χ1n) is 10.3. The predicted molar refractivity (Wildman–Crippen MR) is 140 cm³/mol. The number of esters is 2. The maximum absolute atomic E-state index is 13.0. The van der Waals surface area contributed by atoms with E-state index in [4.69, 9.17) is 21.1 Å². The van der Waals surface area contributed by atoms with Crippen LogP contribution < -0.4 is 4.74 Å². The summed E-state index contributed by atoms with van der Waals surface area (Å²) in [5.74, 6) is -1.03. The van der Waals surface area contributed by atoms with Gasteiger partial charge in [0.05, 0.1) is 9.95 Å². The topological polar surface area (TPSA) is 108 Å². The van der Waals surface area contributed by atoms with Gasteiger partial charge in [0.1, 0.15) is 10.6 Å². The maximum Gasteiger partial charge on any atom is 0.363 e. The number of halogens is 2. The zero-order chi connectivity index (χ0) is 25.4. The molecule has 1 aliphatic heterocycles. The highest BCUT2D eigenvalue weighted by molar-refractivity contribution is 9.10. The van der Waals surface area contributed by atoms with E-state index in [0.717, 1.165) is 15.8 Å². The van der Waals surface area contributed by atoms with Crippen LogP contribution in [0.1, 0.15) is 20.8 Å². The molecule has 11 heteroatoms. The van der Waals surface area contributed by atoms with Crippen LogP contribution in [0.25, 0.3) is 16.2 Å². The minimum Gasteiger partial charge on any atom is -0.422 e. The molecule has 2 heterocycles. The summed E-state index contributed by atoms with van der Waals surface area (Å²) >= 11 is 10.7. The number of ether oxygens (including phenoxy) is 2.